The van der Waals surface area contributed by atoms with E-state index in [0.717, 1.165) is 11.3 Å². The average Bonchev–Trinajstić information content (AvgIpc) is 2.79. The van der Waals surface area contributed by atoms with Crippen molar-refractivity contribution in [1.29, 1.82) is 0 Å². The summed E-state index contributed by atoms with van der Waals surface area (Å²) in [6, 6.07) is 22.4. The van der Waals surface area contributed by atoms with E-state index in [9.17, 15) is 9.18 Å². The molecule has 0 unspecified atom stereocenters. The second-order valence-electron chi connectivity index (χ2n) is 6.78. The number of benzene rings is 3. The molecule has 0 spiro atoms. The van der Waals surface area contributed by atoms with Gasteiger partial charge in [-0.1, -0.05) is 41.9 Å². The van der Waals surface area contributed by atoms with Crippen LogP contribution in [0.5, 0.6) is 0 Å². The normalized spacial score (nSPS) is 10.5. The summed E-state index contributed by atoms with van der Waals surface area (Å²) in [4.78, 5) is 20.8. The van der Waals surface area contributed by atoms with E-state index in [2.05, 4.69) is 20.6 Å². The van der Waals surface area contributed by atoms with Crippen molar-refractivity contribution in [2.24, 2.45) is 0 Å². The summed E-state index contributed by atoms with van der Waals surface area (Å²) >= 11 is 6.12. The number of amides is 1. The third kappa shape index (κ3) is 5.24. The molecule has 0 aliphatic carbocycles. The van der Waals surface area contributed by atoms with Crippen LogP contribution >= 0.6 is 11.6 Å². The van der Waals surface area contributed by atoms with Gasteiger partial charge in [0.25, 0.3) is 5.91 Å². The highest BCUT2D eigenvalue weighted by Gasteiger charge is 2.08. The van der Waals surface area contributed by atoms with Crippen molar-refractivity contribution in [2.75, 3.05) is 5.32 Å². The van der Waals surface area contributed by atoms with Crippen molar-refractivity contribution in [3.63, 3.8) is 0 Å². The Kier molecular flexibility index (Phi) is 6.19. The summed E-state index contributed by atoms with van der Waals surface area (Å²) in [7, 11) is 0. The molecule has 31 heavy (non-hydrogen) atoms. The number of rotatable bonds is 6. The van der Waals surface area contributed by atoms with E-state index in [4.69, 9.17) is 11.6 Å². The minimum absolute atomic E-state index is 0.193. The molecule has 1 heterocycles. The fraction of sp³-hybridized carbons (Fsp3) is 0.0417. The van der Waals surface area contributed by atoms with Crippen molar-refractivity contribution in [3.05, 3.63) is 107 Å². The third-order valence-electron chi connectivity index (χ3n) is 4.60. The molecule has 1 aromatic heterocycles. The van der Waals surface area contributed by atoms with Gasteiger partial charge in [-0.15, -0.1) is 0 Å². The fourth-order valence-electron chi connectivity index (χ4n) is 3.00. The standard InChI is InChI=1S/C24H18ClFN4O/c25-21-7-2-1-4-18(21)14-27-24(31)16-8-10-20(11-9-16)30-23-13-22(28-15-29-23)17-5-3-6-19(26)12-17/h1-13,15H,14H2,(H,27,31)(H,28,29,30). The first-order chi connectivity index (χ1) is 15.1. The number of hydrogen-bond acceptors (Lipinski definition) is 4. The van der Waals surface area contributed by atoms with Gasteiger partial charge in [-0.25, -0.2) is 14.4 Å². The van der Waals surface area contributed by atoms with E-state index >= 15 is 0 Å². The molecule has 2 N–H and O–H groups in total. The number of carbonyl (C=O) groups is 1. The van der Waals surface area contributed by atoms with Crippen molar-refractivity contribution in [1.82, 2.24) is 15.3 Å². The van der Waals surface area contributed by atoms with Gasteiger partial charge in [-0.05, 0) is 48.0 Å². The van der Waals surface area contributed by atoms with Crippen molar-refractivity contribution < 1.29 is 9.18 Å². The number of carbonyl (C=O) groups excluding carboxylic acids is 1. The zero-order valence-corrected chi connectivity index (χ0v) is 17.1. The lowest BCUT2D eigenvalue weighted by atomic mass is 10.1. The quantitative estimate of drug-likeness (QED) is 0.415. The maximum Gasteiger partial charge on any atom is 0.251 e. The Morgan fingerprint density at radius 3 is 2.52 bits per heavy atom. The number of halogens is 2. The highest BCUT2D eigenvalue weighted by atomic mass is 35.5. The topological polar surface area (TPSA) is 66.9 Å². The van der Waals surface area contributed by atoms with Gasteiger partial charge >= 0.3 is 0 Å². The molecule has 4 rings (SSSR count). The number of aromatic nitrogens is 2. The Balaban J connectivity index is 1.41. The van der Waals surface area contributed by atoms with E-state index in [0.29, 0.717) is 34.2 Å². The largest absolute Gasteiger partial charge is 0.348 e. The molecule has 0 atom stereocenters. The van der Waals surface area contributed by atoms with Crippen molar-refractivity contribution >= 4 is 29.0 Å². The van der Waals surface area contributed by atoms with Gasteiger partial charge in [0.15, 0.2) is 0 Å². The number of anilines is 2. The van der Waals surface area contributed by atoms with Crippen LogP contribution in [0.3, 0.4) is 0 Å². The van der Waals surface area contributed by atoms with E-state index in [-0.39, 0.29) is 11.7 Å². The van der Waals surface area contributed by atoms with Gasteiger partial charge in [-0.3, -0.25) is 4.79 Å². The van der Waals surface area contributed by atoms with E-state index in [1.165, 1.54) is 18.5 Å². The molecule has 7 heteroatoms. The molecule has 3 aromatic carbocycles. The van der Waals surface area contributed by atoms with Crippen LogP contribution in [0.15, 0.2) is 85.2 Å². The number of hydrogen-bond donors (Lipinski definition) is 2. The molecule has 1 amide bonds. The van der Waals surface area contributed by atoms with Gasteiger partial charge in [0.05, 0.1) is 5.69 Å². The molecule has 0 bridgehead atoms. The minimum atomic E-state index is -0.325. The molecule has 0 aliphatic heterocycles. The predicted molar refractivity (Wildman–Crippen MR) is 120 cm³/mol. The average molecular weight is 433 g/mol. The van der Waals surface area contributed by atoms with Crippen LogP contribution in [0.2, 0.25) is 5.02 Å². The zero-order valence-electron chi connectivity index (χ0n) is 16.3. The summed E-state index contributed by atoms with van der Waals surface area (Å²) in [5, 5.41) is 6.64. The summed E-state index contributed by atoms with van der Waals surface area (Å²) in [6.45, 7) is 0.350. The van der Waals surface area contributed by atoms with E-state index < -0.39 is 0 Å². The zero-order chi connectivity index (χ0) is 21.6. The lowest BCUT2D eigenvalue weighted by Crippen LogP contribution is -2.22. The maximum atomic E-state index is 13.5. The smallest absolute Gasteiger partial charge is 0.251 e. The fourth-order valence-corrected chi connectivity index (χ4v) is 3.21. The lowest BCUT2D eigenvalue weighted by Gasteiger charge is -2.09. The highest BCUT2D eigenvalue weighted by molar-refractivity contribution is 6.31. The Morgan fingerprint density at radius 2 is 1.74 bits per heavy atom. The van der Waals surface area contributed by atoms with Crippen LogP contribution in [0.1, 0.15) is 15.9 Å². The Hall–Kier alpha value is -3.77. The molecule has 0 saturated heterocycles. The van der Waals surface area contributed by atoms with Crippen LogP contribution in [0.25, 0.3) is 11.3 Å². The molecule has 0 fully saturated rings. The van der Waals surface area contributed by atoms with Gasteiger partial charge in [0.1, 0.15) is 18.0 Å². The molecule has 0 saturated carbocycles. The van der Waals surface area contributed by atoms with Crippen LogP contribution in [0.4, 0.5) is 15.9 Å². The molecule has 4 aromatic rings. The molecular formula is C24H18ClFN4O. The summed E-state index contributed by atoms with van der Waals surface area (Å²) < 4.78 is 13.5. The molecule has 0 aliphatic rings. The first-order valence-corrected chi connectivity index (χ1v) is 9.93. The van der Waals surface area contributed by atoms with Gasteiger partial charge in [0, 0.05) is 34.4 Å². The van der Waals surface area contributed by atoms with E-state index in [1.807, 2.05) is 18.2 Å². The second-order valence-corrected chi connectivity index (χ2v) is 7.18. The lowest BCUT2D eigenvalue weighted by molar-refractivity contribution is 0.0951. The monoisotopic (exact) mass is 432 g/mol. The minimum Gasteiger partial charge on any atom is -0.348 e. The summed E-state index contributed by atoms with van der Waals surface area (Å²) in [6.07, 6.45) is 1.42. The summed E-state index contributed by atoms with van der Waals surface area (Å²) in [5.41, 5.74) is 3.41. The van der Waals surface area contributed by atoms with Crippen LogP contribution in [-0.4, -0.2) is 15.9 Å². The predicted octanol–water partition coefficient (Wildman–Crippen LogP) is 5.61. The van der Waals surface area contributed by atoms with Crippen molar-refractivity contribution in [2.45, 2.75) is 6.54 Å². The molecule has 5 nitrogen and oxygen atoms in total. The van der Waals surface area contributed by atoms with Gasteiger partial charge < -0.3 is 10.6 Å². The van der Waals surface area contributed by atoms with Gasteiger partial charge in [0.2, 0.25) is 0 Å². The number of nitrogens with one attached hydrogen (secondary N) is 2. The maximum absolute atomic E-state index is 13.5. The first kappa shape index (κ1) is 20.5. The molecule has 0 radical (unpaired) electrons. The Bertz CT molecular complexity index is 1210. The van der Waals surface area contributed by atoms with E-state index in [1.54, 1.807) is 48.5 Å². The molecular weight excluding hydrogens is 415 g/mol. The molecule has 154 valence electrons. The van der Waals surface area contributed by atoms with Gasteiger partial charge in [-0.2, -0.15) is 0 Å². The van der Waals surface area contributed by atoms with Crippen molar-refractivity contribution in [3.8, 4) is 11.3 Å². The second kappa shape index (κ2) is 9.36. The third-order valence-corrected chi connectivity index (χ3v) is 4.97. The first-order valence-electron chi connectivity index (χ1n) is 9.55. The van der Waals surface area contributed by atoms with Crippen LogP contribution < -0.4 is 10.6 Å². The van der Waals surface area contributed by atoms with Crippen LogP contribution in [-0.2, 0) is 6.54 Å². The summed E-state index contributed by atoms with van der Waals surface area (Å²) in [5.74, 6) is 0.0427. The highest BCUT2D eigenvalue weighted by Crippen LogP contribution is 2.22. The SMILES string of the molecule is O=C(NCc1ccccc1Cl)c1ccc(Nc2cc(-c3cccc(F)c3)ncn2)cc1. The van der Waals surface area contributed by atoms with Crippen LogP contribution in [0, 0.1) is 5.82 Å². The Morgan fingerprint density at radius 1 is 0.935 bits per heavy atom. The Labute approximate surface area is 184 Å². The number of nitrogens with zero attached hydrogens (tertiary/aromatic N) is 2.